The zero-order chi connectivity index (χ0) is 14.0. The highest BCUT2D eigenvalue weighted by molar-refractivity contribution is 6.21. The standard InChI is InChI=1S/C17H25ClO/c1-5-17(8-6-7-9-17)16(18)14-10-12(2)15(19-4)13(3)11-14/h10-11,16H,5-9H2,1-4H3. The molecule has 1 saturated carbocycles. The van der Waals surface area contributed by atoms with Gasteiger partial charge in [0.05, 0.1) is 12.5 Å². The van der Waals surface area contributed by atoms with Crippen molar-refractivity contribution in [2.45, 2.75) is 58.3 Å². The zero-order valence-electron chi connectivity index (χ0n) is 12.6. The number of rotatable bonds is 4. The largest absolute Gasteiger partial charge is 0.496 e. The Morgan fingerprint density at radius 3 is 2.16 bits per heavy atom. The molecule has 2 heteroatoms. The molecular weight excluding hydrogens is 256 g/mol. The number of halogens is 1. The van der Waals surface area contributed by atoms with Gasteiger partial charge in [-0.1, -0.05) is 31.9 Å². The molecule has 0 heterocycles. The summed E-state index contributed by atoms with van der Waals surface area (Å²) < 4.78 is 5.44. The molecule has 0 aliphatic heterocycles. The molecule has 1 nitrogen and oxygen atoms in total. The summed E-state index contributed by atoms with van der Waals surface area (Å²) in [7, 11) is 1.73. The van der Waals surface area contributed by atoms with E-state index in [2.05, 4.69) is 32.9 Å². The average Bonchev–Trinajstić information content (AvgIpc) is 2.87. The number of aryl methyl sites for hydroxylation is 2. The Labute approximate surface area is 122 Å². The van der Waals surface area contributed by atoms with Crippen molar-refractivity contribution in [3.63, 3.8) is 0 Å². The lowest BCUT2D eigenvalue weighted by atomic mass is 9.77. The average molecular weight is 281 g/mol. The Morgan fingerprint density at radius 2 is 1.74 bits per heavy atom. The SMILES string of the molecule is CCC1(C(Cl)c2cc(C)c(OC)c(C)c2)CCCC1. The van der Waals surface area contributed by atoms with E-state index in [4.69, 9.17) is 16.3 Å². The second-order valence-corrected chi connectivity index (χ2v) is 6.41. The Hall–Kier alpha value is -0.690. The molecule has 1 aliphatic rings. The maximum Gasteiger partial charge on any atom is 0.124 e. The number of hydrogen-bond donors (Lipinski definition) is 0. The predicted octanol–water partition coefficient (Wildman–Crippen LogP) is 5.56. The van der Waals surface area contributed by atoms with Crippen LogP contribution in [0.5, 0.6) is 5.75 Å². The zero-order valence-corrected chi connectivity index (χ0v) is 13.3. The van der Waals surface area contributed by atoms with E-state index in [1.807, 2.05) is 0 Å². The molecule has 1 aliphatic carbocycles. The highest BCUT2D eigenvalue weighted by Crippen LogP contribution is 2.53. The van der Waals surface area contributed by atoms with Gasteiger partial charge >= 0.3 is 0 Å². The fourth-order valence-electron chi connectivity index (χ4n) is 3.67. The van der Waals surface area contributed by atoms with Crippen molar-refractivity contribution in [2.75, 3.05) is 7.11 Å². The lowest BCUT2D eigenvalue weighted by Crippen LogP contribution is -2.21. The van der Waals surface area contributed by atoms with Gasteiger partial charge in [0.2, 0.25) is 0 Å². The van der Waals surface area contributed by atoms with Crippen molar-refractivity contribution in [3.8, 4) is 5.75 Å². The molecule has 106 valence electrons. The first-order chi connectivity index (χ1) is 9.04. The molecular formula is C17H25ClO. The molecule has 1 aromatic rings. The van der Waals surface area contributed by atoms with Gasteiger partial charge in [0.25, 0.3) is 0 Å². The van der Waals surface area contributed by atoms with Gasteiger partial charge in [0.15, 0.2) is 0 Å². The quantitative estimate of drug-likeness (QED) is 0.656. The molecule has 0 spiro atoms. The summed E-state index contributed by atoms with van der Waals surface area (Å²) in [6.07, 6.45) is 6.35. The normalized spacial score (nSPS) is 19.4. The van der Waals surface area contributed by atoms with Crippen LogP contribution in [0.25, 0.3) is 0 Å². The van der Waals surface area contributed by atoms with Gasteiger partial charge in [-0.25, -0.2) is 0 Å². The highest BCUT2D eigenvalue weighted by Gasteiger charge is 2.39. The van der Waals surface area contributed by atoms with Gasteiger partial charge in [0.1, 0.15) is 5.75 Å². The maximum absolute atomic E-state index is 6.87. The molecule has 0 N–H and O–H groups in total. The van der Waals surface area contributed by atoms with E-state index in [0.29, 0.717) is 5.41 Å². The van der Waals surface area contributed by atoms with Crippen LogP contribution < -0.4 is 4.74 Å². The molecule has 0 saturated heterocycles. The summed E-state index contributed by atoms with van der Waals surface area (Å²) in [5.74, 6) is 0.990. The van der Waals surface area contributed by atoms with Crippen molar-refractivity contribution in [1.82, 2.24) is 0 Å². The molecule has 0 aromatic heterocycles. The summed E-state index contributed by atoms with van der Waals surface area (Å²) in [5.41, 5.74) is 3.94. The lowest BCUT2D eigenvalue weighted by Gasteiger charge is -2.33. The van der Waals surface area contributed by atoms with E-state index in [0.717, 1.165) is 5.75 Å². The third-order valence-corrected chi connectivity index (χ3v) is 5.54. The fourth-order valence-corrected chi connectivity index (χ4v) is 4.17. The number of alkyl halides is 1. The van der Waals surface area contributed by atoms with Crippen molar-refractivity contribution < 1.29 is 4.74 Å². The molecule has 1 unspecified atom stereocenters. The van der Waals surface area contributed by atoms with Crippen LogP contribution in [0.1, 0.15) is 61.1 Å². The first-order valence-electron chi connectivity index (χ1n) is 7.33. The van der Waals surface area contributed by atoms with E-state index in [1.54, 1.807) is 7.11 Å². The highest BCUT2D eigenvalue weighted by atomic mass is 35.5. The van der Waals surface area contributed by atoms with E-state index in [9.17, 15) is 0 Å². The number of methoxy groups -OCH3 is 1. The molecule has 0 radical (unpaired) electrons. The van der Waals surface area contributed by atoms with Gasteiger partial charge in [-0.05, 0) is 55.2 Å². The van der Waals surface area contributed by atoms with Crippen LogP contribution in [0.15, 0.2) is 12.1 Å². The van der Waals surface area contributed by atoms with Gasteiger partial charge in [-0.15, -0.1) is 11.6 Å². The minimum Gasteiger partial charge on any atom is -0.496 e. The molecule has 1 fully saturated rings. The number of benzene rings is 1. The molecule has 2 rings (SSSR count). The molecule has 0 bridgehead atoms. The van der Waals surface area contributed by atoms with E-state index < -0.39 is 0 Å². The summed E-state index contributed by atoms with van der Waals surface area (Å²) in [6.45, 7) is 6.49. The molecule has 19 heavy (non-hydrogen) atoms. The predicted molar refractivity (Wildman–Crippen MR) is 82.3 cm³/mol. The third-order valence-electron chi connectivity index (χ3n) is 4.82. The Bertz CT molecular complexity index is 424. The van der Waals surface area contributed by atoms with Crippen LogP contribution in [0, 0.1) is 19.3 Å². The minimum absolute atomic E-state index is 0.128. The van der Waals surface area contributed by atoms with Crippen molar-refractivity contribution in [2.24, 2.45) is 5.41 Å². The first kappa shape index (κ1) is 14.7. The Balaban J connectivity index is 2.36. The smallest absolute Gasteiger partial charge is 0.124 e. The van der Waals surface area contributed by atoms with Gasteiger partial charge in [-0.3, -0.25) is 0 Å². The second-order valence-electron chi connectivity index (χ2n) is 5.97. The third kappa shape index (κ3) is 2.63. The monoisotopic (exact) mass is 280 g/mol. The summed E-state index contributed by atoms with van der Waals surface area (Å²) in [6, 6.07) is 4.42. The van der Waals surface area contributed by atoms with Crippen LogP contribution in [0.4, 0.5) is 0 Å². The summed E-state index contributed by atoms with van der Waals surface area (Å²) >= 11 is 6.87. The van der Waals surface area contributed by atoms with Crippen molar-refractivity contribution in [1.29, 1.82) is 0 Å². The minimum atomic E-state index is 0.128. The number of hydrogen-bond acceptors (Lipinski definition) is 1. The Kier molecular flexibility index (Phi) is 4.45. The van der Waals surface area contributed by atoms with Crippen LogP contribution >= 0.6 is 11.6 Å². The summed E-state index contributed by atoms with van der Waals surface area (Å²) in [5, 5.41) is 0.128. The van der Waals surface area contributed by atoms with Crippen LogP contribution in [-0.2, 0) is 0 Å². The number of ether oxygens (including phenoxy) is 1. The van der Waals surface area contributed by atoms with E-state index in [-0.39, 0.29) is 5.38 Å². The first-order valence-corrected chi connectivity index (χ1v) is 7.77. The van der Waals surface area contributed by atoms with E-state index >= 15 is 0 Å². The topological polar surface area (TPSA) is 9.23 Å². The lowest BCUT2D eigenvalue weighted by molar-refractivity contribution is 0.270. The van der Waals surface area contributed by atoms with E-state index in [1.165, 1.54) is 48.8 Å². The van der Waals surface area contributed by atoms with Gasteiger partial charge in [-0.2, -0.15) is 0 Å². The van der Waals surface area contributed by atoms with Crippen LogP contribution in [-0.4, -0.2) is 7.11 Å². The molecule has 1 atom stereocenters. The van der Waals surface area contributed by atoms with Gasteiger partial charge in [0, 0.05) is 0 Å². The van der Waals surface area contributed by atoms with Crippen LogP contribution in [0.3, 0.4) is 0 Å². The van der Waals surface area contributed by atoms with Gasteiger partial charge < -0.3 is 4.74 Å². The molecule has 0 amide bonds. The van der Waals surface area contributed by atoms with Crippen LogP contribution in [0.2, 0.25) is 0 Å². The van der Waals surface area contributed by atoms with Crippen molar-refractivity contribution >= 4 is 11.6 Å². The maximum atomic E-state index is 6.87. The van der Waals surface area contributed by atoms with Crippen molar-refractivity contribution in [3.05, 3.63) is 28.8 Å². The molecule has 1 aromatic carbocycles. The summed E-state index contributed by atoms with van der Waals surface area (Å²) in [4.78, 5) is 0. The second kappa shape index (κ2) is 5.75. The fraction of sp³-hybridized carbons (Fsp3) is 0.647. The Morgan fingerprint density at radius 1 is 1.21 bits per heavy atom.